The minimum atomic E-state index is -1.08. The van der Waals surface area contributed by atoms with Crippen LogP contribution >= 0.6 is 11.6 Å². The van der Waals surface area contributed by atoms with Crippen LogP contribution in [-0.2, 0) is 23.9 Å². The summed E-state index contributed by atoms with van der Waals surface area (Å²) in [7, 11) is 1.72. The molecule has 1 N–H and O–H groups in total. The van der Waals surface area contributed by atoms with Gasteiger partial charge in [-0.1, -0.05) is 11.6 Å². The average molecular weight is 327 g/mol. The number of carbonyl (C=O) groups excluding carboxylic acids is 1. The predicted molar refractivity (Wildman–Crippen MR) is 78.3 cm³/mol. The molecular weight excluding hydrogens is 312 g/mol. The Hall–Kier alpha value is -2.42. The van der Waals surface area contributed by atoms with E-state index in [0.29, 0.717) is 10.7 Å². The van der Waals surface area contributed by atoms with Crippen molar-refractivity contribution in [2.24, 2.45) is 7.05 Å². The van der Waals surface area contributed by atoms with Gasteiger partial charge < -0.3 is 5.32 Å². The standard InChI is InChI=1S/C12H15ClN6O3/c1-12(2,18-7-8(4-16-18)19(21)22)11(20)14-6-10-9(13)5-15-17(10)3/h4-5,7H,6H2,1-3H3,(H,14,20). The van der Waals surface area contributed by atoms with Crippen molar-refractivity contribution in [1.82, 2.24) is 24.9 Å². The lowest BCUT2D eigenvalue weighted by molar-refractivity contribution is -0.385. The number of hydrogen-bond acceptors (Lipinski definition) is 5. The zero-order valence-corrected chi connectivity index (χ0v) is 13.0. The molecule has 0 radical (unpaired) electrons. The Labute approximate surface area is 131 Å². The SMILES string of the molecule is Cn1ncc(Cl)c1CNC(=O)C(C)(C)n1cc([N+](=O)[O-])cn1. The molecule has 2 aromatic heterocycles. The number of carbonyl (C=O) groups is 1. The molecule has 0 saturated heterocycles. The largest absolute Gasteiger partial charge is 0.348 e. The highest BCUT2D eigenvalue weighted by molar-refractivity contribution is 6.31. The second-order valence-electron chi connectivity index (χ2n) is 5.20. The second kappa shape index (κ2) is 5.76. The molecule has 0 spiro atoms. The fourth-order valence-corrected chi connectivity index (χ4v) is 2.07. The van der Waals surface area contributed by atoms with Gasteiger partial charge in [0.2, 0.25) is 5.91 Å². The van der Waals surface area contributed by atoms with E-state index in [1.54, 1.807) is 25.6 Å². The highest BCUT2D eigenvalue weighted by Gasteiger charge is 2.32. The van der Waals surface area contributed by atoms with Crippen molar-refractivity contribution in [3.05, 3.63) is 39.4 Å². The maximum atomic E-state index is 12.3. The summed E-state index contributed by atoms with van der Waals surface area (Å²) in [6, 6.07) is 0. The van der Waals surface area contributed by atoms with E-state index in [2.05, 4.69) is 15.5 Å². The molecule has 1 amide bonds. The van der Waals surface area contributed by atoms with Crippen LogP contribution in [0.4, 0.5) is 5.69 Å². The number of aromatic nitrogens is 4. The van der Waals surface area contributed by atoms with E-state index >= 15 is 0 Å². The van der Waals surface area contributed by atoms with Crippen LogP contribution in [0, 0.1) is 10.1 Å². The average Bonchev–Trinajstić information content (AvgIpc) is 3.05. The summed E-state index contributed by atoms with van der Waals surface area (Å²) in [6.45, 7) is 3.43. The summed E-state index contributed by atoms with van der Waals surface area (Å²) in [5.74, 6) is -0.345. The van der Waals surface area contributed by atoms with Crippen LogP contribution in [0.1, 0.15) is 19.5 Å². The summed E-state index contributed by atoms with van der Waals surface area (Å²) in [5, 5.41) is 21.7. The third-order valence-electron chi connectivity index (χ3n) is 3.34. The molecular formula is C12H15ClN6O3. The Kier molecular flexibility index (Phi) is 4.18. The van der Waals surface area contributed by atoms with E-state index < -0.39 is 10.5 Å². The van der Waals surface area contributed by atoms with Gasteiger partial charge in [-0.05, 0) is 13.8 Å². The summed E-state index contributed by atoms with van der Waals surface area (Å²) < 4.78 is 2.82. The Morgan fingerprint density at radius 1 is 1.45 bits per heavy atom. The zero-order valence-electron chi connectivity index (χ0n) is 12.3. The minimum absolute atomic E-state index is 0.171. The lowest BCUT2D eigenvalue weighted by Gasteiger charge is -2.23. The van der Waals surface area contributed by atoms with E-state index in [4.69, 9.17) is 11.6 Å². The quantitative estimate of drug-likeness (QED) is 0.656. The van der Waals surface area contributed by atoms with Crippen LogP contribution in [0.5, 0.6) is 0 Å². The topological polar surface area (TPSA) is 108 Å². The van der Waals surface area contributed by atoms with Crippen molar-refractivity contribution in [2.75, 3.05) is 0 Å². The van der Waals surface area contributed by atoms with Gasteiger partial charge in [-0.2, -0.15) is 10.2 Å². The van der Waals surface area contributed by atoms with Gasteiger partial charge in [0.05, 0.1) is 28.4 Å². The molecule has 2 heterocycles. The number of amides is 1. The van der Waals surface area contributed by atoms with E-state index in [9.17, 15) is 14.9 Å². The molecule has 0 aliphatic carbocycles. The molecule has 0 bridgehead atoms. The summed E-state index contributed by atoms with van der Waals surface area (Å²) >= 11 is 5.97. The van der Waals surface area contributed by atoms with Crippen molar-refractivity contribution in [3.8, 4) is 0 Å². The number of aryl methyl sites for hydroxylation is 1. The first-order valence-corrected chi connectivity index (χ1v) is 6.75. The first-order chi connectivity index (χ1) is 10.2. The number of hydrogen-bond donors (Lipinski definition) is 1. The van der Waals surface area contributed by atoms with Gasteiger partial charge in [0.15, 0.2) is 0 Å². The maximum Gasteiger partial charge on any atom is 0.307 e. The van der Waals surface area contributed by atoms with Crippen LogP contribution in [0.15, 0.2) is 18.6 Å². The predicted octanol–water partition coefficient (Wildman–Crippen LogP) is 1.23. The number of halogens is 1. The number of nitrogens with zero attached hydrogens (tertiary/aromatic N) is 5. The van der Waals surface area contributed by atoms with Crippen molar-refractivity contribution < 1.29 is 9.72 Å². The minimum Gasteiger partial charge on any atom is -0.348 e. The summed E-state index contributed by atoms with van der Waals surface area (Å²) in [5.41, 5.74) is -0.591. The Bertz CT molecular complexity index is 701. The first-order valence-electron chi connectivity index (χ1n) is 6.37. The lowest BCUT2D eigenvalue weighted by Crippen LogP contribution is -2.44. The molecule has 0 fully saturated rings. The van der Waals surface area contributed by atoms with Crippen LogP contribution < -0.4 is 5.32 Å². The molecule has 10 heteroatoms. The molecule has 2 rings (SSSR count). The van der Waals surface area contributed by atoms with Gasteiger partial charge in [0.25, 0.3) is 0 Å². The van der Waals surface area contributed by atoms with Gasteiger partial charge in [0.1, 0.15) is 17.9 Å². The molecule has 9 nitrogen and oxygen atoms in total. The molecule has 0 unspecified atom stereocenters. The molecule has 0 atom stereocenters. The molecule has 2 aromatic rings. The number of nitrogens with one attached hydrogen (secondary N) is 1. The van der Waals surface area contributed by atoms with Gasteiger partial charge in [0, 0.05) is 7.05 Å². The molecule has 118 valence electrons. The van der Waals surface area contributed by atoms with Gasteiger partial charge >= 0.3 is 5.69 Å². The highest BCUT2D eigenvalue weighted by Crippen LogP contribution is 2.19. The molecule has 0 saturated carbocycles. The van der Waals surface area contributed by atoms with Crippen molar-refractivity contribution in [3.63, 3.8) is 0 Å². The highest BCUT2D eigenvalue weighted by atomic mass is 35.5. The number of rotatable bonds is 5. The summed E-state index contributed by atoms with van der Waals surface area (Å²) in [4.78, 5) is 22.5. The molecule has 0 aromatic carbocycles. The monoisotopic (exact) mass is 326 g/mol. The smallest absolute Gasteiger partial charge is 0.307 e. The second-order valence-corrected chi connectivity index (χ2v) is 5.61. The normalized spacial score (nSPS) is 11.5. The lowest BCUT2D eigenvalue weighted by atomic mass is 10.1. The molecule has 0 aliphatic rings. The first kappa shape index (κ1) is 16.0. The molecule has 22 heavy (non-hydrogen) atoms. The van der Waals surface area contributed by atoms with Crippen LogP contribution in [0.3, 0.4) is 0 Å². The fourth-order valence-electron chi connectivity index (χ4n) is 1.83. The van der Waals surface area contributed by atoms with Gasteiger partial charge in [-0.25, -0.2) is 0 Å². The van der Waals surface area contributed by atoms with E-state index in [-0.39, 0.29) is 18.1 Å². The fraction of sp³-hybridized carbons (Fsp3) is 0.417. The summed E-state index contributed by atoms with van der Waals surface area (Å²) in [6.07, 6.45) is 3.81. The Morgan fingerprint density at radius 3 is 2.64 bits per heavy atom. The zero-order chi connectivity index (χ0) is 16.5. The Balaban J connectivity index is 2.11. The maximum absolute atomic E-state index is 12.3. The van der Waals surface area contributed by atoms with Gasteiger partial charge in [-0.15, -0.1) is 0 Å². The van der Waals surface area contributed by atoms with Crippen LogP contribution in [0.2, 0.25) is 5.02 Å². The van der Waals surface area contributed by atoms with Crippen molar-refractivity contribution >= 4 is 23.2 Å². The van der Waals surface area contributed by atoms with Gasteiger partial charge in [-0.3, -0.25) is 24.3 Å². The van der Waals surface area contributed by atoms with Crippen molar-refractivity contribution in [1.29, 1.82) is 0 Å². The Morgan fingerprint density at radius 2 is 2.14 bits per heavy atom. The van der Waals surface area contributed by atoms with Crippen LogP contribution in [-0.4, -0.2) is 30.4 Å². The third kappa shape index (κ3) is 2.93. The van der Waals surface area contributed by atoms with E-state index in [1.807, 2.05) is 0 Å². The number of nitro groups is 1. The van der Waals surface area contributed by atoms with E-state index in [1.165, 1.54) is 17.1 Å². The van der Waals surface area contributed by atoms with E-state index in [0.717, 1.165) is 6.20 Å². The third-order valence-corrected chi connectivity index (χ3v) is 3.65. The van der Waals surface area contributed by atoms with Crippen molar-refractivity contribution in [2.45, 2.75) is 25.9 Å². The van der Waals surface area contributed by atoms with Crippen LogP contribution in [0.25, 0.3) is 0 Å². The molecule has 0 aliphatic heterocycles.